The molecule has 4 aliphatic rings. The van der Waals surface area contributed by atoms with Gasteiger partial charge >= 0.3 is 11.9 Å². The standard InChI is InChI=1S/C16H21ClO4/c17-7-12(18)20-8-10-5-9-6-11(10)13-14(9)16(21-15(13)19)3-1-2-4-16/h9-11,13-14H,1-8H2. The normalized spacial score (nSPS) is 42.3. The van der Waals surface area contributed by atoms with Crippen LogP contribution < -0.4 is 0 Å². The third-order valence-electron chi connectivity index (χ3n) is 6.34. The molecule has 3 aliphatic carbocycles. The highest BCUT2D eigenvalue weighted by atomic mass is 35.5. The summed E-state index contributed by atoms with van der Waals surface area (Å²) in [5, 5.41) is 0. The lowest BCUT2D eigenvalue weighted by Gasteiger charge is -2.35. The molecule has 1 spiro atoms. The first-order valence-corrected chi connectivity index (χ1v) is 8.62. The van der Waals surface area contributed by atoms with Crippen molar-refractivity contribution in [2.45, 2.75) is 44.1 Å². The highest BCUT2D eigenvalue weighted by Gasteiger charge is 2.68. The Hall–Kier alpha value is -0.770. The Morgan fingerprint density at radius 3 is 2.81 bits per heavy atom. The average molecular weight is 313 g/mol. The molecule has 21 heavy (non-hydrogen) atoms. The van der Waals surface area contributed by atoms with Crippen molar-refractivity contribution in [2.75, 3.05) is 12.5 Å². The van der Waals surface area contributed by atoms with Crippen LogP contribution in [0.4, 0.5) is 0 Å². The largest absolute Gasteiger partial charge is 0.464 e. The third-order valence-corrected chi connectivity index (χ3v) is 6.56. The fourth-order valence-corrected chi connectivity index (χ4v) is 5.83. The number of hydrogen-bond acceptors (Lipinski definition) is 4. The van der Waals surface area contributed by atoms with Crippen molar-refractivity contribution < 1.29 is 19.1 Å². The Bertz CT molecular complexity index is 471. The molecular formula is C16H21ClO4. The molecule has 1 heterocycles. The lowest BCUT2D eigenvalue weighted by molar-refractivity contribution is -0.152. The van der Waals surface area contributed by atoms with Gasteiger partial charge in [-0.15, -0.1) is 11.6 Å². The zero-order valence-electron chi connectivity index (χ0n) is 12.1. The maximum absolute atomic E-state index is 12.4. The van der Waals surface area contributed by atoms with Crippen LogP contribution in [-0.4, -0.2) is 30.0 Å². The lowest BCUT2D eigenvalue weighted by Crippen LogP contribution is -2.39. The number of halogens is 1. The van der Waals surface area contributed by atoms with E-state index in [1.165, 1.54) is 12.8 Å². The predicted molar refractivity (Wildman–Crippen MR) is 75.7 cm³/mol. The Balaban J connectivity index is 1.50. The van der Waals surface area contributed by atoms with E-state index in [4.69, 9.17) is 21.1 Å². The molecule has 3 saturated carbocycles. The average Bonchev–Trinajstić information content (AvgIpc) is 3.21. The molecule has 5 atom stereocenters. The quantitative estimate of drug-likeness (QED) is 0.593. The van der Waals surface area contributed by atoms with Crippen LogP contribution >= 0.6 is 11.6 Å². The smallest absolute Gasteiger partial charge is 0.320 e. The summed E-state index contributed by atoms with van der Waals surface area (Å²) >= 11 is 5.46. The number of carbonyl (C=O) groups excluding carboxylic acids is 2. The van der Waals surface area contributed by atoms with Gasteiger partial charge in [-0.25, -0.2) is 0 Å². The minimum Gasteiger partial charge on any atom is -0.464 e. The zero-order chi connectivity index (χ0) is 14.6. The van der Waals surface area contributed by atoms with Gasteiger partial charge in [0, 0.05) is 5.92 Å². The van der Waals surface area contributed by atoms with E-state index in [9.17, 15) is 9.59 Å². The molecular weight excluding hydrogens is 292 g/mol. The molecule has 0 aromatic rings. The minimum atomic E-state index is -0.364. The number of rotatable bonds is 3. The van der Waals surface area contributed by atoms with Gasteiger partial charge in [0.2, 0.25) is 0 Å². The fraction of sp³-hybridized carbons (Fsp3) is 0.875. The number of ether oxygens (including phenoxy) is 2. The summed E-state index contributed by atoms with van der Waals surface area (Å²) in [6, 6.07) is 0. The summed E-state index contributed by atoms with van der Waals surface area (Å²) in [4.78, 5) is 23.6. The van der Waals surface area contributed by atoms with Crippen molar-refractivity contribution in [2.24, 2.45) is 29.6 Å². The number of carbonyl (C=O) groups is 2. The maximum Gasteiger partial charge on any atom is 0.320 e. The van der Waals surface area contributed by atoms with Gasteiger partial charge in [-0.3, -0.25) is 9.59 Å². The molecule has 0 amide bonds. The van der Waals surface area contributed by atoms with Crippen molar-refractivity contribution in [3.05, 3.63) is 0 Å². The summed E-state index contributed by atoms with van der Waals surface area (Å²) < 4.78 is 11.1. The highest BCUT2D eigenvalue weighted by molar-refractivity contribution is 6.26. The van der Waals surface area contributed by atoms with Gasteiger partial charge in [0.25, 0.3) is 0 Å². The zero-order valence-corrected chi connectivity index (χ0v) is 12.8. The molecule has 4 nitrogen and oxygen atoms in total. The van der Waals surface area contributed by atoms with Gasteiger partial charge < -0.3 is 9.47 Å². The molecule has 116 valence electrons. The van der Waals surface area contributed by atoms with Gasteiger partial charge in [-0.2, -0.15) is 0 Å². The molecule has 4 fully saturated rings. The first-order chi connectivity index (χ1) is 10.1. The second kappa shape index (κ2) is 4.87. The van der Waals surface area contributed by atoms with Crippen LogP contribution in [0.1, 0.15) is 38.5 Å². The molecule has 5 unspecified atom stereocenters. The highest BCUT2D eigenvalue weighted by Crippen LogP contribution is 2.65. The van der Waals surface area contributed by atoms with E-state index in [2.05, 4.69) is 0 Å². The van der Waals surface area contributed by atoms with Crippen LogP contribution in [0.3, 0.4) is 0 Å². The van der Waals surface area contributed by atoms with E-state index in [0.717, 1.165) is 25.7 Å². The van der Waals surface area contributed by atoms with Crippen LogP contribution in [0.2, 0.25) is 0 Å². The molecule has 2 bridgehead atoms. The minimum absolute atomic E-state index is 0.0165. The van der Waals surface area contributed by atoms with E-state index in [1.807, 2.05) is 0 Å². The Kier molecular flexibility index (Phi) is 3.21. The van der Waals surface area contributed by atoms with Gasteiger partial charge in [0.05, 0.1) is 12.5 Å². The monoisotopic (exact) mass is 312 g/mol. The van der Waals surface area contributed by atoms with Crippen molar-refractivity contribution in [3.8, 4) is 0 Å². The van der Waals surface area contributed by atoms with Crippen molar-refractivity contribution in [3.63, 3.8) is 0 Å². The molecule has 1 saturated heterocycles. The van der Waals surface area contributed by atoms with Gasteiger partial charge in [0.1, 0.15) is 11.5 Å². The summed E-state index contributed by atoms with van der Waals surface area (Å²) in [6.07, 6.45) is 6.65. The summed E-state index contributed by atoms with van der Waals surface area (Å²) in [5.74, 6) is 1.27. The number of fused-ring (bicyclic) bond motifs is 6. The van der Waals surface area contributed by atoms with Crippen LogP contribution in [0, 0.1) is 29.6 Å². The fourth-order valence-electron chi connectivity index (χ4n) is 5.75. The predicted octanol–water partition coefficient (Wildman–Crippen LogP) is 2.53. The molecule has 0 aromatic heterocycles. The second-order valence-electron chi connectivity index (χ2n) is 7.22. The molecule has 5 heteroatoms. The van der Waals surface area contributed by atoms with Gasteiger partial charge in [-0.1, -0.05) is 0 Å². The van der Waals surface area contributed by atoms with E-state index < -0.39 is 0 Å². The van der Waals surface area contributed by atoms with Crippen LogP contribution in [0.5, 0.6) is 0 Å². The van der Waals surface area contributed by atoms with Crippen LogP contribution in [0.15, 0.2) is 0 Å². The van der Waals surface area contributed by atoms with Gasteiger partial charge in [-0.05, 0) is 56.3 Å². The molecule has 4 rings (SSSR count). The Morgan fingerprint density at radius 1 is 1.33 bits per heavy atom. The molecule has 0 aromatic carbocycles. The van der Waals surface area contributed by atoms with Crippen LogP contribution in [0.25, 0.3) is 0 Å². The third kappa shape index (κ3) is 1.94. The number of alkyl halides is 1. The Morgan fingerprint density at radius 2 is 2.10 bits per heavy atom. The van der Waals surface area contributed by atoms with Crippen molar-refractivity contribution in [1.29, 1.82) is 0 Å². The Labute approximate surface area is 129 Å². The summed E-state index contributed by atoms with van der Waals surface area (Å²) in [6.45, 7) is 0.413. The number of esters is 2. The first-order valence-electron chi connectivity index (χ1n) is 8.09. The summed E-state index contributed by atoms with van der Waals surface area (Å²) in [5.41, 5.74) is -0.140. The molecule has 1 aliphatic heterocycles. The van der Waals surface area contributed by atoms with Gasteiger partial charge in [0.15, 0.2) is 0 Å². The first kappa shape index (κ1) is 13.9. The lowest BCUT2D eigenvalue weighted by atomic mass is 9.68. The SMILES string of the molecule is O=C(CCl)OCC1CC2CC1C1C(=O)OC3(CCCC3)C21. The van der Waals surface area contributed by atoms with Crippen molar-refractivity contribution in [1.82, 2.24) is 0 Å². The topological polar surface area (TPSA) is 52.6 Å². The molecule has 0 N–H and O–H groups in total. The van der Waals surface area contributed by atoms with E-state index in [0.29, 0.717) is 30.3 Å². The van der Waals surface area contributed by atoms with Crippen molar-refractivity contribution >= 4 is 23.5 Å². The van der Waals surface area contributed by atoms with Crippen LogP contribution in [-0.2, 0) is 19.1 Å². The van der Waals surface area contributed by atoms with E-state index >= 15 is 0 Å². The van der Waals surface area contributed by atoms with E-state index in [-0.39, 0.29) is 29.3 Å². The maximum atomic E-state index is 12.4. The molecule has 0 radical (unpaired) electrons. The van der Waals surface area contributed by atoms with E-state index in [1.54, 1.807) is 0 Å². The number of hydrogen-bond donors (Lipinski definition) is 0. The summed E-state index contributed by atoms with van der Waals surface area (Å²) in [7, 11) is 0. The second-order valence-corrected chi connectivity index (χ2v) is 7.48.